The van der Waals surface area contributed by atoms with Gasteiger partial charge < -0.3 is 4.74 Å². The van der Waals surface area contributed by atoms with Crippen LogP contribution >= 0.6 is 27.3 Å². The van der Waals surface area contributed by atoms with E-state index in [-0.39, 0.29) is 29.7 Å². The fourth-order valence-corrected chi connectivity index (χ4v) is 5.81. The molecular formula is C17H17BrN2O3S2. The van der Waals surface area contributed by atoms with E-state index >= 15 is 0 Å². The molecule has 0 saturated carbocycles. The number of benzene rings is 1. The largest absolute Gasteiger partial charge is 0.377 e. The molecule has 25 heavy (non-hydrogen) atoms. The number of hydrogen-bond donors (Lipinski definition) is 0. The van der Waals surface area contributed by atoms with Crippen LogP contribution in [0.1, 0.15) is 23.3 Å². The van der Waals surface area contributed by atoms with Crippen LogP contribution in [0.15, 0.2) is 45.1 Å². The van der Waals surface area contributed by atoms with Gasteiger partial charge in [-0.3, -0.25) is 0 Å². The van der Waals surface area contributed by atoms with E-state index in [0.29, 0.717) is 11.1 Å². The lowest BCUT2D eigenvalue weighted by Crippen LogP contribution is -2.37. The summed E-state index contributed by atoms with van der Waals surface area (Å²) < 4.78 is 34.1. The van der Waals surface area contributed by atoms with Gasteiger partial charge in [0.2, 0.25) is 10.0 Å². The minimum atomic E-state index is -3.82. The highest BCUT2D eigenvalue weighted by Gasteiger charge is 2.31. The Labute approximate surface area is 160 Å². The SMILES string of the molecule is N#Cc1c(Br)cccc1S(=O)(=O)N(Cc1cccs1)C[C@@H]1CCCO1. The second kappa shape index (κ2) is 7.98. The normalized spacial score (nSPS) is 17.7. The van der Waals surface area contributed by atoms with E-state index in [1.54, 1.807) is 12.1 Å². The van der Waals surface area contributed by atoms with E-state index in [1.807, 2.05) is 23.6 Å². The molecule has 0 aliphatic carbocycles. The molecule has 0 spiro atoms. The fraction of sp³-hybridized carbons (Fsp3) is 0.353. The minimum Gasteiger partial charge on any atom is -0.377 e. The van der Waals surface area contributed by atoms with Crippen LogP contribution in [0.4, 0.5) is 0 Å². The van der Waals surface area contributed by atoms with E-state index in [4.69, 9.17) is 4.74 Å². The van der Waals surface area contributed by atoms with Crippen molar-refractivity contribution in [1.29, 1.82) is 5.26 Å². The van der Waals surface area contributed by atoms with Gasteiger partial charge in [0.05, 0.1) is 11.7 Å². The van der Waals surface area contributed by atoms with Crippen molar-refractivity contribution in [2.24, 2.45) is 0 Å². The summed E-state index contributed by atoms with van der Waals surface area (Å²) in [6.45, 7) is 1.23. The lowest BCUT2D eigenvalue weighted by atomic mass is 10.2. The van der Waals surface area contributed by atoms with Gasteiger partial charge in [-0.2, -0.15) is 9.57 Å². The first-order chi connectivity index (χ1) is 12.0. The number of ether oxygens (including phenoxy) is 1. The summed E-state index contributed by atoms with van der Waals surface area (Å²) in [4.78, 5) is 0.981. The molecule has 1 fully saturated rings. The van der Waals surface area contributed by atoms with Crippen LogP contribution in [0.3, 0.4) is 0 Å². The Morgan fingerprint density at radius 1 is 1.36 bits per heavy atom. The zero-order chi connectivity index (χ0) is 17.9. The Morgan fingerprint density at radius 2 is 2.20 bits per heavy atom. The lowest BCUT2D eigenvalue weighted by Gasteiger charge is -2.25. The molecule has 1 aliphatic rings. The van der Waals surface area contributed by atoms with E-state index in [1.165, 1.54) is 21.7 Å². The standard InChI is InChI=1S/C17H17BrN2O3S2/c18-16-6-1-7-17(15(16)10-19)25(21,22)20(11-13-4-2-8-23-13)12-14-5-3-9-24-14/h1,3,5-7,9,13H,2,4,8,11-12H2/t13-/m0/s1. The smallest absolute Gasteiger partial charge is 0.244 e. The molecule has 1 aromatic carbocycles. The molecule has 0 radical (unpaired) electrons. The molecule has 1 saturated heterocycles. The van der Waals surface area contributed by atoms with Gasteiger partial charge in [0.1, 0.15) is 11.0 Å². The molecule has 0 amide bonds. The van der Waals surface area contributed by atoms with Crippen molar-refractivity contribution >= 4 is 37.3 Å². The number of halogens is 1. The molecular weight excluding hydrogens is 424 g/mol. The van der Waals surface area contributed by atoms with Gasteiger partial charge in [-0.15, -0.1) is 11.3 Å². The first-order valence-corrected chi connectivity index (χ1v) is 11.0. The van der Waals surface area contributed by atoms with Gasteiger partial charge in [-0.1, -0.05) is 12.1 Å². The maximum absolute atomic E-state index is 13.3. The monoisotopic (exact) mass is 440 g/mol. The third kappa shape index (κ3) is 4.13. The molecule has 1 atom stereocenters. The van der Waals surface area contributed by atoms with Crippen molar-refractivity contribution in [2.75, 3.05) is 13.2 Å². The third-order valence-corrected chi connectivity index (χ3v) is 7.42. The van der Waals surface area contributed by atoms with Gasteiger partial charge >= 0.3 is 0 Å². The highest BCUT2D eigenvalue weighted by atomic mass is 79.9. The Hall–Kier alpha value is -1.24. The van der Waals surface area contributed by atoms with Gasteiger partial charge in [-0.05, 0) is 52.4 Å². The zero-order valence-corrected chi connectivity index (χ0v) is 16.6. The predicted octanol–water partition coefficient (Wildman–Crippen LogP) is 3.75. The molecule has 1 aromatic heterocycles. The summed E-state index contributed by atoms with van der Waals surface area (Å²) in [7, 11) is -3.82. The quantitative estimate of drug-likeness (QED) is 0.685. The van der Waals surface area contributed by atoms with Crippen molar-refractivity contribution < 1.29 is 13.2 Å². The summed E-state index contributed by atoms with van der Waals surface area (Å²) in [5.41, 5.74) is 0.131. The van der Waals surface area contributed by atoms with Gasteiger partial charge in [0, 0.05) is 29.0 Å². The highest BCUT2D eigenvalue weighted by Crippen LogP contribution is 2.29. The lowest BCUT2D eigenvalue weighted by molar-refractivity contribution is 0.0927. The van der Waals surface area contributed by atoms with E-state index in [0.717, 1.165) is 17.7 Å². The van der Waals surface area contributed by atoms with E-state index in [2.05, 4.69) is 15.9 Å². The van der Waals surface area contributed by atoms with Crippen LogP contribution in [-0.4, -0.2) is 32.0 Å². The zero-order valence-electron chi connectivity index (χ0n) is 13.4. The van der Waals surface area contributed by atoms with Crippen LogP contribution < -0.4 is 0 Å². The fourth-order valence-electron chi connectivity index (χ4n) is 2.81. The van der Waals surface area contributed by atoms with Crippen LogP contribution in [0.5, 0.6) is 0 Å². The van der Waals surface area contributed by atoms with Gasteiger partial charge in [-0.25, -0.2) is 8.42 Å². The first kappa shape index (κ1) is 18.5. The van der Waals surface area contributed by atoms with Crippen LogP contribution in [-0.2, 0) is 21.3 Å². The summed E-state index contributed by atoms with van der Waals surface area (Å²) in [5, 5.41) is 11.3. The average molecular weight is 441 g/mol. The molecule has 5 nitrogen and oxygen atoms in total. The van der Waals surface area contributed by atoms with Crippen LogP contribution in [0.2, 0.25) is 0 Å². The van der Waals surface area contributed by atoms with Crippen LogP contribution in [0, 0.1) is 11.3 Å². The number of nitriles is 1. The molecule has 2 heterocycles. The number of rotatable bonds is 6. The summed E-state index contributed by atoms with van der Waals surface area (Å²) in [6, 6.07) is 10.6. The van der Waals surface area contributed by atoms with E-state index in [9.17, 15) is 13.7 Å². The van der Waals surface area contributed by atoms with Crippen LogP contribution in [0.25, 0.3) is 0 Å². The Balaban J connectivity index is 1.98. The maximum atomic E-state index is 13.3. The summed E-state index contributed by atoms with van der Waals surface area (Å²) >= 11 is 4.78. The third-order valence-electron chi connectivity index (χ3n) is 4.05. The Morgan fingerprint density at radius 3 is 2.84 bits per heavy atom. The number of sulfonamides is 1. The average Bonchev–Trinajstić information content (AvgIpc) is 3.27. The van der Waals surface area contributed by atoms with Crippen molar-refractivity contribution in [2.45, 2.75) is 30.4 Å². The van der Waals surface area contributed by atoms with Gasteiger partial charge in [0.15, 0.2) is 0 Å². The van der Waals surface area contributed by atoms with Gasteiger partial charge in [0.25, 0.3) is 0 Å². The summed E-state index contributed by atoms with van der Waals surface area (Å²) in [6.07, 6.45) is 1.69. The Kier molecular flexibility index (Phi) is 5.92. The molecule has 3 rings (SSSR count). The molecule has 132 valence electrons. The number of hydrogen-bond acceptors (Lipinski definition) is 5. The summed E-state index contributed by atoms with van der Waals surface area (Å²) in [5.74, 6) is 0. The Bertz CT molecular complexity index is 870. The molecule has 0 N–H and O–H groups in total. The van der Waals surface area contributed by atoms with Crippen molar-refractivity contribution in [3.63, 3.8) is 0 Å². The number of thiophene rings is 1. The van der Waals surface area contributed by atoms with Crippen molar-refractivity contribution in [3.8, 4) is 6.07 Å². The second-order valence-electron chi connectivity index (χ2n) is 5.74. The maximum Gasteiger partial charge on any atom is 0.244 e. The predicted molar refractivity (Wildman–Crippen MR) is 99.7 cm³/mol. The second-order valence-corrected chi connectivity index (χ2v) is 9.53. The number of nitrogens with zero attached hydrogens (tertiary/aromatic N) is 2. The molecule has 0 unspecified atom stereocenters. The van der Waals surface area contributed by atoms with Crippen molar-refractivity contribution in [1.82, 2.24) is 4.31 Å². The molecule has 1 aliphatic heterocycles. The highest BCUT2D eigenvalue weighted by molar-refractivity contribution is 9.10. The molecule has 2 aromatic rings. The van der Waals surface area contributed by atoms with Crippen molar-refractivity contribution in [3.05, 3.63) is 50.6 Å². The van der Waals surface area contributed by atoms with E-state index < -0.39 is 10.0 Å². The molecule has 0 bridgehead atoms. The first-order valence-electron chi connectivity index (χ1n) is 7.85. The minimum absolute atomic E-state index is 0.0268. The molecule has 8 heteroatoms. The topological polar surface area (TPSA) is 70.4 Å².